The summed E-state index contributed by atoms with van der Waals surface area (Å²) in [5, 5.41) is 3.46. The Hall–Kier alpha value is -1.02. The molecule has 1 aromatic heterocycles. The predicted octanol–water partition coefficient (Wildman–Crippen LogP) is 3.78. The highest BCUT2D eigenvalue weighted by Gasteiger charge is 2.19. The lowest BCUT2D eigenvalue weighted by Crippen LogP contribution is -2.10. The molecule has 14 heavy (non-hydrogen) atoms. The molecule has 1 nitrogen and oxygen atoms in total. The topological polar surface area (TPSA) is 26.0 Å². The fourth-order valence-electron chi connectivity index (χ4n) is 1.67. The predicted molar refractivity (Wildman–Crippen MR) is 64.9 cm³/mol. The van der Waals surface area contributed by atoms with Crippen molar-refractivity contribution in [3.8, 4) is 0 Å². The maximum absolute atomic E-state index is 6.00. The van der Waals surface area contributed by atoms with Crippen molar-refractivity contribution < 1.29 is 0 Å². The van der Waals surface area contributed by atoms with E-state index >= 15 is 0 Å². The summed E-state index contributed by atoms with van der Waals surface area (Å²) >= 11 is 1.77. The standard InChI is InChI=1S/C12H15NS/c1-12(2,3)8-7-14-10-6-4-5-9(13)11(8)10/h4-7H,13H2,1-3H3. The first-order chi connectivity index (χ1) is 6.50. The van der Waals surface area contributed by atoms with Crippen LogP contribution in [0, 0.1) is 0 Å². The van der Waals surface area contributed by atoms with Gasteiger partial charge in [0.15, 0.2) is 0 Å². The number of hydrogen-bond acceptors (Lipinski definition) is 2. The highest BCUT2D eigenvalue weighted by Crippen LogP contribution is 2.37. The lowest BCUT2D eigenvalue weighted by Gasteiger charge is -2.18. The van der Waals surface area contributed by atoms with Gasteiger partial charge in [0.1, 0.15) is 0 Å². The van der Waals surface area contributed by atoms with Crippen LogP contribution in [0.1, 0.15) is 26.3 Å². The third-order valence-corrected chi connectivity index (χ3v) is 3.39. The Bertz CT molecular complexity index is 463. The molecule has 2 N–H and O–H groups in total. The van der Waals surface area contributed by atoms with Gasteiger partial charge in [0.05, 0.1) is 0 Å². The molecule has 0 aliphatic heterocycles. The molecule has 0 atom stereocenters. The molecular weight excluding hydrogens is 190 g/mol. The molecule has 1 heterocycles. The Kier molecular flexibility index (Phi) is 2.04. The Balaban J connectivity index is 2.80. The van der Waals surface area contributed by atoms with Gasteiger partial charge in [-0.1, -0.05) is 26.8 Å². The fourth-order valence-corrected chi connectivity index (χ4v) is 2.89. The molecule has 0 aliphatic carbocycles. The molecule has 0 amide bonds. The second-order valence-electron chi connectivity index (χ2n) is 4.62. The summed E-state index contributed by atoms with van der Waals surface area (Å²) in [4.78, 5) is 0. The monoisotopic (exact) mass is 205 g/mol. The largest absolute Gasteiger partial charge is 0.398 e. The smallest absolute Gasteiger partial charge is 0.0405 e. The van der Waals surface area contributed by atoms with E-state index in [0.29, 0.717) is 0 Å². The minimum absolute atomic E-state index is 0.174. The van der Waals surface area contributed by atoms with Gasteiger partial charge < -0.3 is 5.73 Å². The molecule has 0 unspecified atom stereocenters. The summed E-state index contributed by atoms with van der Waals surface area (Å²) in [6.45, 7) is 6.67. The van der Waals surface area contributed by atoms with Crippen molar-refractivity contribution in [1.82, 2.24) is 0 Å². The summed E-state index contributed by atoms with van der Waals surface area (Å²) in [6, 6.07) is 6.12. The number of anilines is 1. The highest BCUT2D eigenvalue weighted by molar-refractivity contribution is 7.17. The van der Waals surface area contributed by atoms with Gasteiger partial charge in [0.2, 0.25) is 0 Å². The van der Waals surface area contributed by atoms with Crippen LogP contribution in [0.3, 0.4) is 0 Å². The van der Waals surface area contributed by atoms with Crippen LogP contribution in [0.25, 0.3) is 10.1 Å². The lowest BCUT2D eigenvalue weighted by molar-refractivity contribution is 0.598. The van der Waals surface area contributed by atoms with E-state index in [4.69, 9.17) is 5.73 Å². The summed E-state index contributed by atoms with van der Waals surface area (Å²) in [6.07, 6.45) is 0. The van der Waals surface area contributed by atoms with Crippen molar-refractivity contribution >= 4 is 27.1 Å². The van der Waals surface area contributed by atoms with Crippen molar-refractivity contribution in [2.75, 3.05) is 5.73 Å². The van der Waals surface area contributed by atoms with Crippen LogP contribution in [-0.2, 0) is 5.41 Å². The first-order valence-corrected chi connectivity index (χ1v) is 5.64. The maximum Gasteiger partial charge on any atom is 0.0405 e. The maximum atomic E-state index is 6.00. The van der Waals surface area contributed by atoms with Gasteiger partial charge in [-0.15, -0.1) is 11.3 Å². The zero-order valence-corrected chi connectivity index (χ0v) is 9.61. The molecule has 0 aliphatic rings. The van der Waals surface area contributed by atoms with Gasteiger partial charge in [-0.2, -0.15) is 0 Å². The number of fused-ring (bicyclic) bond motifs is 1. The van der Waals surface area contributed by atoms with Crippen LogP contribution < -0.4 is 5.73 Å². The Morgan fingerprint density at radius 2 is 1.93 bits per heavy atom. The van der Waals surface area contributed by atoms with Crippen molar-refractivity contribution in [2.45, 2.75) is 26.2 Å². The third kappa shape index (κ3) is 1.40. The molecule has 74 valence electrons. The molecule has 0 spiro atoms. The van der Waals surface area contributed by atoms with E-state index in [0.717, 1.165) is 5.69 Å². The normalized spacial score (nSPS) is 12.2. The van der Waals surface area contributed by atoms with Gasteiger partial charge in [-0.25, -0.2) is 0 Å². The molecule has 2 heteroatoms. The third-order valence-electron chi connectivity index (χ3n) is 2.44. The quantitative estimate of drug-likeness (QED) is 0.651. The number of nitrogens with two attached hydrogens (primary N) is 1. The van der Waals surface area contributed by atoms with E-state index < -0.39 is 0 Å². The molecule has 1 aromatic carbocycles. The van der Waals surface area contributed by atoms with Crippen molar-refractivity contribution in [3.63, 3.8) is 0 Å². The van der Waals surface area contributed by atoms with Crippen molar-refractivity contribution in [3.05, 3.63) is 29.1 Å². The number of hydrogen-bond donors (Lipinski definition) is 1. The average molecular weight is 205 g/mol. The Labute approximate surface area is 88.6 Å². The highest BCUT2D eigenvalue weighted by atomic mass is 32.1. The summed E-state index contributed by atoms with van der Waals surface area (Å²) in [7, 11) is 0. The van der Waals surface area contributed by atoms with Gasteiger partial charge in [-0.05, 0) is 28.5 Å². The van der Waals surface area contributed by atoms with E-state index in [-0.39, 0.29) is 5.41 Å². The van der Waals surface area contributed by atoms with Gasteiger partial charge in [-0.3, -0.25) is 0 Å². The van der Waals surface area contributed by atoms with Gasteiger partial charge in [0, 0.05) is 15.8 Å². The molecule has 0 fully saturated rings. The van der Waals surface area contributed by atoms with E-state index in [1.165, 1.54) is 15.6 Å². The van der Waals surface area contributed by atoms with Crippen LogP contribution in [0.4, 0.5) is 5.69 Å². The molecule has 0 bridgehead atoms. The fraction of sp³-hybridized carbons (Fsp3) is 0.333. The van der Waals surface area contributed by atoms with E-state index in [9.17, 15) is 0 Å². The SMILES string of the molecule is CC(C)(C)c1csc2cccc(N)c12. The molecule has 2 aromatic rings. The molecular formula is C12H15NS. The molecule has 0 saturated heterocycles. The second kappa shape index (κ2) is 2.99. The number of thiophene rings is 1. The van der Waals surface area contributed by atoms with E-state index in [1.54, 1.807) is 11.3 Å². The van der Waals surface area contributed by atoms with Crippen LogP contribution in [0.2, 0.25) is 0 Å². The Morgan fingerprint density at radius 3 is 2.57 bits per heavy atom. The van der Waals surface area contributed by atoms with Crippen molar-refractivity contribution in [1.29, 1.82) is 0 Å². The van der Waals surface area contributed by atoms with E-state index in [2.05, 4.69) is 32.2 Å². The summed E-state index contributed by atoms with van der Waals surface area (Å²) < 4.78 is 1.29. The molecule has 0 saturated carbocycles. The van der Waals surface area contributed by atoms with Gasteiger partial charge >= 0.3 is 0 Å². The summed E-state index contributed by atoms with van der Waals surface area (Å²) in [5.74, 6) is 0. The minimum Gasteiger partial charge on any atom is -0.398 e. The Morgan fingerprint density at radius 1 is 1.21 bits per heavy atom. The summed E-state index contributed by atoms with van der Waals surface area (Å²) in [5.41, 5.74) is 8.43. The number of benzene rings is 1. The molecule has 2 rings (SSSR count). The number of rotatable bonds is 0. The second-order valence-corrected chi connectivity index (χ2v) is 5.53. The number of nitrogen functional groups attached to an aromatic ring is 1. The molecule has 0 radical (unpaired) electrons. The van der Waals surface area contributed by atoms with Crippen LogP contribution in [-0.4, -0.2) is 0 Å². The van der Waals surface area contributed by atoms with E-state index in [1.807, 2.05) is 12.1 Å². The van der Waals surface area contributed by atoms with Gasteiger partial charge in [0.25, 0.3) is 0 Å². The van der Waals surface area contributed by atoms with Crippen LogP contribution >= 0.6 is 11.3 Å². The minimum atomic E-state index is 0.174. The van der Waals surface area contributed by atoms with Crippen LogP contribution in [0.15, 0.2) is 23.6 Å². The first-order valence-electron chi connectivity index (χ1n) is 4.76. The van der Waals surface area contributed by atoms with Crippen molar-refractivity contribution in [2.24, 2.45) is 0 Å². The van der Waals surface area contributed by atoms with Crippen LogP contribution in [0.5, 0.6) is 0 Å². The average Bonchev–Trinajstić information content (AvgIpc) is 2.47. The zero-order valence-electron chi connectivity index (χ0n) is 8.79. The zero-order chi connectivity index (χ0) is 10.3. The lowest BCUT2D eigenvalue weighted by atomic mass is 9.86. The first kappa shape index (κ1) is 9.53.